The SMILES string of the molecule is Cc1ccc(CNc2ccc3oc4ccc(F)cc4c3c2)cc1. The van der Waals surface area contributed by atoms with Crippen LogP contribution in [0.2, 0.25) is 0 Å². The minimum Gasteiger partial charge on any atom is -0.456 e. The predicted molar refractivity (Wildman–Crippen MR) is 92.2 cm³/mol. The van der Waals surface area contributed by atoms with E-state index in [9.17, 15) is 4.39 Å². The number of benzene rings is 3. The van der Waals surface area contributed by atoms with Crippen LogP contribution in [-0.4, -0.2) is 0 Å². The van der Waals surface area contributed by atoms with Gasteiger partial charge in [0.25, 0.3) is 0 Å². The van der Waals surface area contributed by atoms with Crippen LogP contribution in [0.1, 0.15) is 11.1 Å². The van der Waals surface area contributed by atoms with Gasteiger partial charge in [-0.15, -0.1) is 0 Å². The molecule has 0 atom stereocenters. The molecule has 4 aromatic rings. The number of anilines is 1. The van der Waals surface area contributed by atoms with Crippen molar-refractivity contribution in [1.29, 1.82) is 0 Å². The molecule has 0 radical (unpaired) electrons. The van der Waals surface area contributed by atoms with Crippen LogP contribution in [0.5, 0.6) is 0 Å². The van der Waals surface area contributed by atoms with Gasteiger partial charge in [-0.25, -0.2) is 4.39 Å². The lowest BCUT2D eigenvalue weighted by Gasteiger charge is -2.07. The molecular formula is C20H16FNO. The molecule has 0 aliphatic rings. The molecule has 0 fully saturated rings. The molecule has 3 aromatic carbocycles. The molecule has 1 heterocycles. The van der Waals surface area contributed by atoms with E-state index >= 15 is 0 Å². The van der Waals surface area contributed by atoms with Crippen molar-refractivity contribution in [2.45, 2.75) is 13.5 Å². The van der Waals surface area contributed by atoms with Crippen LogP contribution < -0.4 is 5.32 Å². The summed E-state index contributed by atoms with van der Waals surface area (Å²) in [6.45, 7) is 2.82. The van der Waals surface area contributed by atoms with E-state index in [1.54, 1.807) is 6.07 Å². The van der Waals surface area contributed by atoms with Gasteiger partial charge in [0.2, 0.25) is 0 Å². The number of rotatable bonds is 3. The molecule has 3 heteroatoms. The van der Waals surface area contributed by atoms with Gasteiger partial charge in [-0.1, -0.05) is 29.8 Å². The predicted octanol–water partition coefficient (Wildman–Crippen LogP) is 5.65. The summed E-state index contributed by atoms with van der Waals surface area (Å²) in [5.41, 5.74) is 4.94. The van der Waals surface area contributed by atoms with Crippen molar-refractivity contribution < 1.29 is 8.81 Å². The van der Waals surface area contributed by atoms with Gasteiger partial charge >= 0.3 is 0 Å². The molecule has 0 bridgehead atoms. The number of fused-ring (bicyclic) bond motifs is 3. The summed E-state index contributed by atoms with van der Waals surface area (Å²) in [5, 5.41) is 5.14. The Kier molecular flexibility index (Phi) is 3.27. The molecule has 23 heavy (non-hydrogen) atoms. The van der Waals surface area contributed by atoms with Gasteiger partial charge in [0, 0.05) is 23.0 Å². The highest BCUT2D eigenvalue weighted by Crippen LogP contribution is 2.31. The van der Waals surface area contributed by atoms with E-state index in [2.05, 4.69) is 36.5 Å². The summed E-state index contributed by atoms with van der Waals surface area (Å²) in [5.74, 6) is -0.252. The second kappa shape index (κ2) is 5.43. The van der Waals surface area contributed by atoms with E-state index in [0.29, 0.717) is 5.58 Å². The van der Waals surface area contributed by atoms with Crippen molar-refractivity contribution in [3.8, 4) is 0 Å². The first-order chi connectivity index (χ1) is 11.2. The Hall–Kier alpha value is -2.81. The van der Waals surface area contributed by atoms with Crippen LogP contribution in [0, 0.1) is 12.7 Å². The molecule has 1 N–H and O–H groups in total. The molecule has 0 aliphatic carbocycles. The Morgan fingerprint density at radius 1 is 0.870 bits per heavy atom. The molecule has 0 amide bonds. The fourth-order valence-corrected chi connectivity index (χ4v) is 2.77. The zero-order valence-corrected chi connectivity index (χ0v) is 12.8. The largest absolute Gasteiger partial charge is 0.456 e. The zero-order chi connectivity index (χ0) is 15.8. The number of aryl methyl sites for hydroxylation is 1. The van der Waals surface area contributed by atoms with Crippen LogP contribution in [0.4, 0.5) is 10.1 Å². The Bertz CT molecular complexity index is 986. The first-order valence-corrected chi connectivity index (χ1v) is 7.60. The van der Waals surface area contributed by atoms with Gasteiger partial charge in [-0.2, -0.15) is 0 Å². The summed E-state index contributed by atoms with van der Waals surface area (Å²) in [6.07, 6.45) is 0. The fourth-order valence-electron chi connectivity index (χ4n) is 2.77. The summed E-state index contributed by atoms with van der Waals surface area (Å²) in [7, 11) is 0. The second-order valence-corrected chi connectivity index (χ2v) is 5.79. The maximum absolute atomic E-state index is 13.5. The lowest BCUT2D eigenvalue weighted by molar-refractivity contribution is 0.626. The Morgan fingerprint density at radius 3 is 2.35 bits per heavy atom. The first-order valence-electron chi connectivity index (χ1n) is 7.60. The first kappa shape index (κ1) is 13.8. The summed E-state index contributed by atoms with van der Waals surface area (Å²) in [4.78, 5) is 0. The van der Waals surface area contributed by atoms with Gasteiger partial charge in [0.05, 0.1) is 0 Å². The standard InChI is InChI=1S/C20H16FNO/c1-13-2-4-14(5-3-13)12-22-16-7-9-20-18(11-16)17-10-15(21)6-8-19(17)23-20/h2-11,22H,12H2,1H3. The van der Waals surface area contributed by atoms with E-state index < -0.39 is 0 Å². The van der Waals surface area contributed by atoms with Crippen molar-refractivity contribution in [2.75, 3.05) is 5.32 Å². The number of furan rings is 1. The smallest absolute Gasteiger partial charge is 0.135 e. The van der Waals surface area contributed by atoms with E-state index in [0.717, 1.165) is 28.6 Å². The number of nitrogens with one attached hydrogen (secondary N) is 1. The third-order valence-electron chi connectivity index (χ3n) is 4.05. The second-order valence-electron chi connectivity index (χ2n) is 5.79. The molecule has 0 aliphatic heterocycles. The summed E-state index contributed by atoms with van der Waals surface area (Å²) >= 11 is 0. The fraction of sp³-hybridized carbons (Fsp3) is 0.100. The molecular weight excluding hydrogens is 289 g/mol. The minimum atomic E-state index is -0.252. The van der Waals surface area contributed by atoms with Crippen LogP contribution in [0.25, 0.3) is 21.9 Å². The third-order valence-corrected chi connectivity index (χ3v) is 4.05. The summed E-state index contributed by atoms with van der Waals surface area (Å²) < 4.78 is 19.2. The van der Waals surface area contributed by atoms with Crippen molar-refractivity contribution in [1.82, 2.24) is 0 Å². The molecule has 0 unspecified atom stereocenters. The van der Waals surface area contributed by atoms with Gasteiger partial charge in [0.15, 0.2) is 0 Å². The highest BCUT2D eigenvalue weighted by molar-refractivity contribution is 6.05. The van der Waals surface area contributed by atoms with E-state index in [4.69, 9.17) is 4.42 Å². The number of hydrogen-bond acceptors (Lipinski definition) is 2. The van der Waals surface area contributed by atoms with Gasteiger partial charge in [-0.3, -0.25) is 0 Å². The monoisotopic (exact) mass is 305 g/mol. The van der Waals surface area contributed by atoms with E-state index in [1.165, 1.54) is 23.3 Å². The number of hydrogen-bond donors (Lipinski definition) is 1. The molecule has 0 saturated heterocycles. The number of halogens is 1. The lowest BCUT2D eigenvalue weighted by Crippen LogP contribution is -1.98. The highest BCUT2D eigenvalue weighted by Gasteiger charge is 2.08. The van der Waals surface area contributed by atoms with Crippen molar-refractivity contribution in [3.63, 3.8) is 0 Å². The molecule has 0 spiro atoms. The van der Waals surface area contributed by atoms with E-state index in [-0.39, 0.29) is 5.82 Å². The Labute approximate surface area is 133 Å². The van der Waals surface area contributed by atoms with Crippen LogP contribution >= 0.6 is 0 Å². The third kappa shape index (κ3) is 2.66. The minimum absolute atomic E-state index is 0.252. The normalized spacial score (nSPS) is 11.2. The topological polar surface area (TPSA) is 25.2 Å². The zero-order valence-electron chi connectivity index (χ0n) is 12.8. The maximum Gasteiger partial charge on any atom is 0.135 e. The molecule has 114 valence electrons. The van der Waals surface area contributed by atoms with Gasteiger partial charge in [-0.05, 0) is 48.9 Å². The van der Waals surface area contributed by atoms with Crippen molar-refractivity contribution in [2.24, 2.45) is 0 Å². The molecule has 0 saturated carbocycles. The molecule has 1 aromatic heterocycles. The quantitative estimate of drug-likeness (QED) is 0.529. The van der Waals surface area contributed by atoms with E-state index in [1.807, 2.05) is 18.2 Å². The Balaban J connectivity index is 1.66. The average molecular weight is 305 g/mol. The van der Waals surface area contributed by atoms with Gasteiger partial charge < -0.3 is 9.73 Å². The summed E-state index contributed by atoms with van der Waals surface area (Å²) in [6, 6.07) is 19.0. The van der Waals surface area contributed by atoms with Crippen LogP contribution in [0.15, 0.2) is 65.1 Å². The van der Waals surface area contributed by atoms with Gasteiger partial charge in [0.1, 0.15) is 17.0 Å². The van der Waals surface area contributed by atoms with Crippen LogP contribution in [0.3, 0.4) is 0 Å². The molecule has 4 rings (SSSR count). The van der Waals surface area contributed by atoms with Crippen LogP contribution in [-0.2, 0) is 6.54 Å². The highest BCUT2D eigenvalue weighted by atomic mass is 19.1. The maximum atomic E-state index is 13.5. The van der Waals surface area contributed by atoms with Crippen molar-refractivity contribution in [3.05, 3.63) is 77.6 Å². The lowest BCUT2D eigenvalue weighted by atomic mass is 10.1. The average Bonchev–Trinajstić information content (AvgIpc) is 2.92. The van der Waals surface area contributed by atoms with Crippen molar-refractivity contribution >= 4 is 27.6 Å². The molecule has 2 nitrogen and oxygen atoms in total. The Morgan fingerprint density at radius 2 is 1.57 bits per heavy atom.